The van der Waals surface area contributed by atoms with Gasteiger partial charge in [0, 0.05) is 29.7 Å². The summed E-state index contributed by atoms with van der Waals surface area (Å²) < 4.78 is 12.3. The van der Waals surface area contributed by atoms with Crippen LogP contribution >= 0.6 is 15.9 Å². The third-order valence-electron chi connectivity index (χ3n) is 3.03. The maximum atomic E-state index is 5.62. The number of rotatable bonds is 6. The maximum Gasteiger partial charge on any atom is 0.123 e. The number of hydrogen-bond donors (Lipinski definition) is 1. The van der Waals surface area contributed by atoms with E-state index in [1.54, 1.807) is 0 Å². The third-order valence-corrected chi connectivity index (χ3v) is 3.53. The van der Waals surface area contributed by atoms with Crippen molar-refractivity contribution in [2.24, 2.45) is 0 Å². The summed E-state index contributed by atoms with van der Waals surface area (Å²) in [5.41, 5.74) is 1.18. The maximum absolute atomic E-state index is 5.62. The summed E-state index contributed by atoms with van der Waals surface area (Å²) in [6.45, 7) is 5.34. The molecule has 1 heterocycles. The van der Waals surface area contributed by atoms with Crippen molar-refractivity contribution >= 4 is 15.9 Å². The molecule has 1 atom stereocenters. The van der Waals surface area contributed by atoms with Crippen molar-refractivity contribution in [1.29, 1.82) is 0 Å². The molecular weight excluding hydrogens is 330 g/mol. The molecule has 108 valence electrons. The highest BCUT2D eigenvalue weighted by Gasteiger charge is 2.14. The minimum absolute atomic E-state index is 0. The monoisotopic (exact) mass is 348 g/mol. The van der Waals surface area contributed by atoms with Crippen molar-refractivity contribution < 1.29 is 21.9 Å². The number of benzene rings is 1. The van der Waals surface area contributed by atoms with Gasteiger partial charge in [0.1, 0.15) is 5.75 Å². The molecule has 0 spiro atoms. The Morgan fingerprint density at radius 1 is 1.47 bits per heavy atom. The van der Waals surface area contributed by atoms with Crippen LogP contribution < -0.4 is 22.5 Å². The van der Waals surface area contributed by atoms with Crippen molar-refractivity contribution in [3.8, 4) is 5.75 Å². The average Bonchev–Trinajstić information content (AvgIpc) is 2.86. The summed E-state index contributed by atoms with van der Waals surface area (Å²) in [7, 11) is 0. The number of hydrogen-bond acceptors (Lipinski definition) is 3. The van der Waals surface area contributed by atoms with Crippen molar-refractivity contribution in [2.45, 2.75) is 32.4 Å². The topological polar surface area (TPSA) is 30.5 Å². The predicted molar refractivity (Wildman–Crippen MR) is 76.0 cm³/mol. The van der Waals surface area contributed by atoms with E-state index in [1.165, 1.54) is 18.4 Å². The van der Waals surface area contributed by atoms with Gasteiger partial charge in [-0.3, -0.25) is 0 Å². The Bertz CT molecular complexity index is 384. The van der Waals surface area contributed by atoms with E-state index in [9.17, 15) is 0 Å². The van der Waals surface area contributed by atoms with Crippen LogP contribution in [0.1, 0.15) is 25.3 Å². The lowest BCUT2D eigenvalue weighted by molar-refractivity contribution is -0.00000543. The van der Waals surface area contributed by atoms with Gasteiger partial charge in [0.25, 0.3) is 0 Å². The van der Waals surface area contributed by atoms with Gasteiger partial charge in [0.05, 0.1) is 12.7 Å². The van der Waals surface area contributed by atoms with Gasteiger partial charge >= 0.3 is 0 Å². The van der Waals surface area contributed by atoms with E-state index < -0.39 is 0 Å². The van der Waals surface area contributed by atoms with E-state index in [0.717, 1.165) is 29.9 Å². The smallest absolute Gasteiger partial charge is 0.123 e. The molecule has 3 nitrogen and oxygen atoms in total. The highest BCUT2D eigenvalue weighted by atomic mass is 79.9. The third kappa shape index (κ3) is 5.30. The Morgan fingerprint density at radius 3 is 3.00 bits per heavy atom. The van der Waals surface area contributed by atoms with Crippen LogP contribution in [-0.2, 0) is 11.3 Å². The minimum Gasteiger partial charge on any atom is -1.00 e. The highest BCUT2D eigenvalue weighted by Crippen LogP contribution is 2.23. The largest absolute Gasteiger partial charge is 1.00 e. The first-order valence-corrected chi connectivity index (χ1v) is 7.32. The van der Waals surface area contributed by atoms with Gasteiger partial charge in [-0.25, -0.2) is 0 Å². The van der Waals surface area contributed by atoms with E-state index in [1.807, 2.05) is 19.1 Å². The first kappa shape index (κ1) is 16.8. The highest BCUT2D eigenvalue weighted by molar-refractivity contribution is 9.10. The molecule has 1 N–H and O–H groups in total. The van der Waals surface area contributed by atoms with Crippen molar-refractivity contribution in [2.75, 3.05) is 19.8 Å². The van der Waals surface area contributed by atoms with Crippen LogP contribution in [0.15, 0.2) is 22.7 Å². The Balaban J connectivity index is 0.00000180. The molecule has 2 rings (SSSR count). The Kier molecular flexibility index (Phi) is 7.76. The second-order valence-corrected chi connectivity index (χ2v) is 5.37. The van der Waals surface area contributed by atoms with E-state index in [4.69, 9.17) is 9.47 Å². The molecule has 0 radical (unpaired) electrons. The van der Waals surface area contributed by atoms with E-state index in [2.05, 4.69) is 27.3 Å². The average molecular weight is 350 g/mol. The fourth-order valence-electron chi connectivity index (χ4n) is 2.16. The molecule has 1 aromatic rings. The second-order valence-electron chi connectivity index (χ2n) is 4.45. The molecule has 19 heavy (non-hydrogen) atoms. The van der Waals surface area contributed by atoms with E-state index >= 15 is 0 Å². The van der Waals surface area contributed by atoms with E-state index in [0.29, 0.717) is 12.7 Å². The van der Waals surface area contributed by atoms with Crippen LogP contribution in [0, 0.1) is 0 Å². The molecule has 1 aliphatic rings. The fraction of sp³-hybridized carbons (Fsp3) is 0.571. The molecule has 5 heteroatoms. The lowest BCUT2D eigenvalue weighted by Crippen LogP contribution is -3.00. The molecule has 0 aliphatic carbocycles. The van der Waals surface area contributed by atoms with Crippen LogP contribution in [0.4, 0.5) is 0 Å². The van der Waals surface area contributed by atoms with Gasteiger partial charge in [-0.1, -0.05) is 15.9 Å². The zero-order valence-electron chi connectivity index (χ0n) is 11.1. The van der Waals surface area contributed by atoms with Gasteiger partial charge < -0.3 is 27.2 Å². The SMILES string of the molecule is CCOc1ccc(Br)cc1CNCC1CCCO1.[Cl-]. The van der Waals surface area contributed by atoms with Crippen LogP contribution in [-0.4, -0.2) is 25.9 Å². The molecule has 1 unspecified atom stereocenters. The van der Waals surface area contributed by atoms with Crippen LogP contribution in [0.3, 0.4) is 0 Å². The molecule has 0 saturated carbocycles. The number of halogens is 2. The van der Waals surface area contributed by atoms with Gasteiger partial charge in [-0.2, -0.15) is 0 Å². The first-order valence-electron chi connectivity index (χ1n) is 6.53. The molecule has 0 aromatic heterocycles. The summed E-state index contributed by atoms with van der Waals surface area (Å²) >= 11 is 3.50. The Hall–Kier alpha value is -0.290. The summed E-state index contributed by atoms with van der Waals surface area (Å²) in [6.07, 6.45) is 2.74. The fourth-order valence-corrected chi connectivity index (χ4v) is 2.56. The molecule has 1 aromatic carbocycles. The summed E-state index contributed by atoms with van der Waals surface area (Å²) in [5, 5.41) is 3.44. The van der Waals surface area contributed by atoms with Crippen molar-refractivity contribution in [1.82, 2.24) is 5.32 Å². The van der Waals surface area contributed by atoms with Gasteiger partial charge in [0.2, 0.25) is 0 Å². The minimum atomic E-state index is 0. The first-order chi connectivity index (χ1) is 8.79. The second kappa shape index (κ2) is 8.80. The number of ether oxygens (including phenoxy) is 2. The van der Waals surface area contributed by atoms with E-state index in [-0.39, 0.29) is 12.4 Å². The molecule has 1 aliphatic heterocycles. The Labute approximate surface area is 129 Å². The van der Waals surface area contributed by atoms with Gasteiger partial charge in [0.15, 0.2) is 0 Å². The predicted octanol–water partition coefficient (Wildman–Crippen LogP) is 0.120. The van der Waals surface area contributed by atoms with Crippen molar-refractivity contribution in [3.63, 3.8) is 0 Å². The molecule has 0 bridgehead atoms. The lowest BCUT2D eigenvalue weighted by Gasteiger charge is -2.14. The zero-order chi connectivity index (χ0) is 12.8. The quantitative estimate of drug-likeness (QED) is 0.791. The van der Waals surface area contributed by atoms with Crippen molar-refractivity contribution in [3.05, 3.63) is 28.2 Å². The Morgan fingerprint density at radius 2 is 2.32 bits per heavy atom. The number of nitrogens with one attached hydrogen (secondary N) is 1. The summed E-state index contributed by atoms with van der Waals surface area (Å²) in [6, 6.07) is 6.12. The molecular formula is C14H20BrClNO2-. The normalized spacial score (nSPS) is 18.1. The zero-order valence-corrected chi connectivity index (χ0v) is 13.5. The van der Waals surface area contributed by atoms with Crippen LogP contribution in [0.5, 0.6) is 5.75 Å². The molecule has 1 fully saturated rings. The van der Waals surface area contributed by atoms with Gasteiger partial charge in [-0.05, 0) is 38.0 Å². The summed E-state index contributed by atoms with van der Waals surface area (Å²) in [4.78, 5) is 0. The van der Waals surface area contributed by atoms with Crippen LogP contribution in [0.25, 0.3) is 0 Å². The van der Waals surface area contributed by atoms with Gasteiger partial charge in [-0.15, -0.1) is 0 Å². The van der Waals surface area contributed by atoms with Crippen LogP contribution in [0.2, 0.25) is 0 Å². The summed E-state index contributed by atoms with van der Waals surface area (Å²) in [5.74, 6) is 0.959. The molecule has 0 amide bonds. The standard InChI is InChI=1S/C14H20BrNO2.ClH/c1-2-17-14-6-5-12(15)8-11(14)9-16-10-13-4-3-7-18-13;/h5-6,8,13,16H,2-4,7,9-10H2,1H3;1H/p-1. The lowest BCUT2D eigenvalue weighted by atomic mass is 10.2. The molecule has 1 saturated heterocycles.